The third kappa shape index (κ3) is 2.86. The highest BCUT2D eigenvalue weighted by Crippen LogP contribution is 2.09. The normalized spacial score (nSPS) is 14.6. The molecule has 0 spiro atoms. The molecule has 0 aliphatic heterocycles. The van der Waals surface area contributed by atoms with Crippen LogP contribution in [-0.2, 0) is 11.2 Å². The van der Waals surface area contributed by atoms with Gasteiger partial charge in [0.1, 0.15) is 5.76 Å². The van der Waals surface area contributed by atoms with Gasteiger partial charge in [-0.3, -0.25) is 4.79 Å². The summed E-state index contributed by atoms with van der Waals surface area (Å²) in [4.78, 5) is 11.7. The molecule has 0 unspecified atom stereocenters. The summed E-state index contributed by atoms with van der Waals surface area (Å²) < 4.78 is 5.18. The van der Waals surface area contributed by atoms with Crippen LogP contribution in [0.1, 0.15) is 18.6 Å². The van der Waals surface area contributed by atoms with Crippen LogP contribution in [0.15, 0.2) is 46.6 Å². The Morgan fingerprint density at radius 3 is 3.06 bits per heavy atom. The van der Waals surface area contributed by atoms with Gasteiger partial charge in [-0.25, -0.2) is 0 Å². The van der Waals surface area contributed by atoms with E-state index in [4.69, 9.17) is 4.42 Å². The highest BCUT2D eigenvalue weighted by Gasteiger charge is 2.07. The van der Waals surface area contributed by atoms with Gasteiger partial charge in [0.15, 0.2) is 0 Å². The van der Waals surface area contributed by atoms with E-state index in [1.54, 1.807) is 6.26 Å². The Balaban J connectivity index is 1.76. The van der Waals surface area contributed by atoms with Crippen LogP contribution in [0.2, 0.25) is 0 Å². The Morgan fingerprint density at radius 2 is 2.38 bits per heavy atom. The van der Waals surface area contributed by atoms with E-state index in [2.05, 4.69) is 5.32 Å². The predicted molar refractivity (Wildman–Crippen MR) is 61.9 cm³/mol. The molecule has 2 rings (SSSR count). The van der Waals surface area contributed by atoms with Crippen LogP contribution in [0.3, 0.4) is 0 Å². The molecule has 1 aliphatic rings. The topological polar surface area (TPSA) is 42.2 Å². The van der Waals surface area contributed by atoms with Gasteiger partial charge in [-0.1, -0.05) is 18.2 Å². The maximum Gasteiger partial charge on any atom is 0.250 e. The Labute approximate surface area is 94.8 Å². The zero-order valence-corrected chi connectivity index (χ0v) is 9.11. The Kier molecular flexibility index (Phi) is 3.59. The van der Waals surface area contributed by atoms with E-state index in [-0.39, 0.29) is 5.91 Å². The molecule has 1 amide bonds. The van der Waals surface area contributed by atoms with Crippen LogP contribution in [0.5, 0.6) is 0 Å². The Bertz CT molecular complexity index is 402. The van der Waals surface area contributed by atoms with Crippen LogP contribution in [0.4, 0.5) is 0 Å². The lowest BCUT2D eigenvalue weighted by Crippen LogP contribution is -2.26. The zero-order valence-electron chi connectivity index (χ0n) is 9.11. The minimum Gasteiger partial charge on any atom is -0.469 e. The largest absolute Gasteiger partial charge is 0.469 e. The number of furan rings is 1. The van der Waals surface area contributed by atoms with Crippen molar-refractivity contribution in [3.8, 4) is 0 Å². The molecule has 0 saturated carbocycles. The number of carbonyl (C=O) groups excluding carboxylic acids is 1. The van der Waals surface area contributed by atoms with E-state index in [1.807, 2.05) is 30.4 Å². The third-order valence-corrected chi connectivity index (χ3v) is 2.49. The monoisotopic (exact) mass is 217 g/mol. The molecule has 1 heterocycles. The average molecular weight is 217 g/mol. The Hall–Kier alpha value is -1.77. The predicted octanol–water partition coefficient (Wildman–Crippen LogP) is 2.21. The first-order valence-electron chi connectivity index (χ1n) is 5.53. The fourth-order valence-corrected chi connectivity index (χ4v) is 1.64. The van der Waals surface area contributed by atoms with Crippen molar-refractivity contribution in [1.82, 2.24) is 5.32 Å². The van der Waals surface area contributed by atoms with Crippen molar-refractivity contribution < 1.29 is 9.21 Å². The molecule has 1 N–H and O–H groups in total. The number of rotatable bonds is 4. The number of amides is 1. The van der Waals surface area contributed by atoms with Crippen LogP contribution in [-0.4, -0.2) is 12.5 Å². The lowest BCUT2D eigenvalue weighted by Gasteiger charge is -2.07. The van der Waals surface area contributed by atoms with Gasteiger partial charge in [0.05, 0.1) is 6.26 Å². The van der Waals surface area contributed by atoms with Gasteiger partial charge in [-0.2, -0.15) is 0 Å². The molecule has 3 nitrogen and oxygen atoms in total. The molecule has 1 aliphatic carbocycles. The van der Waals surface area contributed by atoms with Gasteiger partial charge < -0.3 is 9.73 Å². The lowest BCUT2D eigenvalue weighted by molar-refractivity contribution is -0.117. The first kappa shape index (κ1) is 10.7. The maximum atomic E-state index is 11.7. The summed E-state index contributed by atoms with van der Waals surface area (Å²) >= 11 is 0. The molecule has 16 heavy (non-hydrogen) atoms. The summed E-state index contributed by atoms with van der Waals surface area (Å²) in [6.07, 6.45) is 10.2. The molecule has 0 fully saturated rings. The van der Waals surface area contributed by atoms with Crippen LogP contribution in [0.25, 0.3) is 0 Å². The van der Waals surface area contributed by atoms with E-state index in [9.17, 15) is 4.79 Å². The van der Waals surface area contributed by atoms with Crippen LogP contribution >= 0.6 is 0 Å². The second-order valence-corrected chi connectivity index (χ2v) is 3.72. The molecular weight excluding hydrogens is 202 g/mol. The van der Waals surface area contributed by atoms with Crippen molar-refractivity contribution in [1.29, 1.82) is 0 Å². The van der Waals surface area contributed by atoms with Gasteiger partial charge in [-0.15, -0.1) is 0 Å². The smallest absolute Gasteiger partial charge is 0.250 e. The SMILES string of the molecule is O=C(NCCc1ccco1)C1=CCCC=C1. The average Bonchev–Trinajstić information content (AvgIpc) is 2.83. The summed E-state index contributed by atoms with van der Waals surface area (Å²) in [6.45, 7) is 0.609. The summed E-state index contributed by atoms with van der Waals surface area (Å²) in [5.41, 5.74) is 0.769. The molecule has 0 radical (unpaired) electrons. The number of hydrogen-bond donors (Lipinski definition) is 1. The van der Waals surface area contributed by atoms with Gasteiger partial charge in [0, 0.05) is 18.5 Å². The first-order chi connectivity index (χ1) is 7.86. The standard InChI is InChI=1S/C13H15NO2/c15-13(11-5-2-1-3-6-11)14-9-8-12-7-4-10-16-12/h2,4-7,10H,1,3,8-9H2,(H,14,15). The van der Waals surface area contributed by atoms with Crippen LogP contribution < -0.4 is 5.32 Å². The first-order valence-corrected chi connectivity index (χ1v) is 5.53. The van der Waals surface area contributed by atoms with E-state index in [0.717, 1.165) is 30.6 Å². The van der Waals surface area contributed by atoms with Crippen LogP contribution in [0, 0.1) is 0 Å². The summed E-state index contributed by atoms with van der Waals surface area (Å²) in [5, 5.41) is 2.87. The lowest BCUT2D eigenvalue weighted by atomic mass is 10.1. The zero-order chi connectivity index (χ0) is 11.2. The van der Waals surface area contributed by atoms with Crippen molar-refractivity contribution >= 4 is 5.91 Å². The number of allylic oxidation sites excluding steroid dienone is 2. The van der Waals surface area contributed by atoms with Crippen molar-refractivity contribution in [3.63, 3.8) is 0 Å². The van der Waals surface area contributed by atoms with Gasteiger partial charge >= 0.3 is 0 Å². The quantitative estimate of drug-likeness (QED) is 0.840. The molecule has 0 bridgehead atoms. The summed E-state index contributed by atoms with van der Waals surface area (Å²) in [6, 6.07) is 3.76. The van der Waals surface area contributed by atoms with E-state index < -0.39 is 0 Å². The molecule has 1 aromatic rings. The highest BCUT2D eigenvalue weighted by atomic mass is 16.3. The molecule has 0 saturated heterocycles. The minimum absolute atomic E-state index is 0.00232. The third-order valence-electron chi connectivity index (χ3n) is 2.49. The number of carbonyl (C=O) groups is 1. The second-order valence-electron chi connectivity index (χ2n) is 3.72. The molecule has 3 heteroatoms. The summed E-state index contributed by atoms with van der Waals surface area (Å²) in [7, 11) is 0. The summed E-state index contributed by atoms with van der Waals surface area (Å²) in [5.74, 6) is 0.899. The number of hydrogen-bond acceptors (Lipinski definition) is 2. The van der Waals surface area contributed by atoms with Gasteiger partial charge in [0.25, 0.3) is 5.91 Å². The Morgan fingerprint density at radius 1 is 1.44 bits per heavy atom. The fraction of sp³-hybridized carbons (Fsp3) is 0.308. The minimum atomic E-state index is 0.00232. The fourth-order valence-electron chi connectivity index (χ4n) is 1.64. The molecule has 0 aromatic carbocycles. The maximum absolute atomic E-state index is 11.7. The second kappa shape index (κ2) is 5.35. The van der Waals surface area contributed by atoms with E-state index >= 15 is 0 Å². The highest BCUT2D eigenvalue weighted by molar-refractivity contribution is 5.96. The van der Waals surface area contributed by atoms with Gasteiger partial charge in [0.2, 0.25) is 0 Å². The van der Waals surface area contributed by atoms with Crippen molar-refractivity contribution in [2.45, 2.75) is 19.3 Å². The van der Waals surface area contributed by atoms with Crippen molar-refractivity contribution in [3.05, 3.63) is 48.0 Å². The molecule has 0 atom stereocenters. The molecular formula is C13H15NO2. The number of nitrogens with one attached hydrogen (secondary N) is 1. The van der Waals surface area contributed by atoms with Crippen molar-refractivity contribution in [2.75, 3.05) is 6.54 Å². The van der Waals surface area contributed by atoms with E-state index in [0.29, 0.717) is 6.54 Å². The molecule has 1 aromatic heterocycles. The van der Waals surface area contributed by atoms with Crippen molar-refractivity contribution in [2.24, 2.45) is 0 Å². The molecule has 84 valence electrons. The van der Waals surface area contributed by atoms with E-state index in [1.165, 1.54) is 0 Å². The van der Waals surface area contributed by atoms with Gasteiger partial charge in [-0.05, 0) is 25.0 Å².